The lowest BCUT2D eigenvalue weighted by Crippen LogP contribution is -2.17. The molecule has 2 heterocycles. The minimum absolute atomic E-state index is 0.718. The van der Waals surface area contributed by atoms with Crippen LogP contribution in [0.2, 0.25) is 0 Å². The first kappa shape index (κ1) is 26.7. The summed E-state index contributed by atoms with van der Waals surface area (Å²) in [6, 6.07) is 24.5. The van der Waals surface area contributed by atoms with Crippen LogP contribution in [0, 0.1) is 0 Å². The van der Waals surface area contributed by atoms with Gasteiger partial charge in [0.05, 0.1) is 22.6 Å². The number of unbranched alkanes of at least 4 members (excludes halogenated alkanes) is 5. The summed E-state index contributed by atoms with van der Waals surface area (Å²) < 4.78 is 0. The number of hydrogen-bond donors (Lipinski definition) is 0. The van der Waals surface area contributed by atoms with Crippen LogP contribution < -0.4 is 4.90 Å². The minimum atomic E-state index is 0.718. The molecular weight excluding hydrogens is 480 g/mol. The molecule has 0 bridgehead atoms. The molecule has 0 aliphatic carbocycles. The molecule has 1 aliphatic heterocycles. The van der Waals surface area contributed by atoms with Gasteiger partial charge in [-0.05, 0) is 91.9 Å². The molecule has 0 amide bonds. The molecule has 1 aromatic heterocycles. The number of fused-ring (bicyclic) bond motifs is 1. The average molecular weight is 519 g/mol. The van der Waals surface area contributed by atoms with E-state index in [2.05, 4.69) is 61.5 Å². The molecule has 1 saturated heterocycles. The molecule has 5 rings (SSSR count). The Labute approximate surface area is 231 Å². The topological polar surface area (TPSA) is 65.6 Å². The van der Waals surface area contributed by atoms with Crippen LogP contribution in [-0.4, -0.2) is 18.1 Å². The summed E-state index contributed by atoms with van der Waals surface area (Å²) in [5.74, 6) is 0. The van der Waals surface area contributed by atoms with Crippen molar-refractivity contribution in [3.63, 3.8) is 0 Å². The Morgan fingerprint density at radius 1 is 0.667 bits per heavy atom. The summed E-state index contributed by atoms with van der Waals surface area (Å²) in [4.78, 5) is 6.99. The normalized spacial score (nSPS) is 13.8. The molecule has 39 heavy (non-hydrogen) atoms. The van der Waals surface area contributed by atoms with Crippen molar-refractivity contribution in [3.05, 3.63) is 84.6 Å². The molecule has 0 unspecified atom stereocenters. The average Bonchev–Trinajstić information content (AvgIpc) is 3.53. The predicted octanol–water partition coefficient (Wildman–Crippen LogP) is 10.6. The summed E-state index contributed by atoms with van der Waals surface area (Å²) in [5, 5.41) is 19.0. The van der Waals surface area contributed by atoms with Gasteiger partial charge in [-0.15, -0.1) is 10.2 Å². The van der Waals surface area contributed by atoms with E-state index in [-0.39, 0.29) is 0 Å². The van der Waals surface area contributed by atoms with Crippen molar-refractivity contribution in [3.8, 4) is 0 Å². The molecule has 0 radical (unpaired) electrons. The molecule has 6 nitrogen and oxygen atoms in total. The van der Waals surface area contributed by atoms with Gasteiger partial charge in [0.25, 0.3) is 0 Å². The summed E-state index contributed by atoms with van der Waals surface area (Å²) in [7, 11) is 0. The molecule has 0 spiro atoms. The quantitative estimate of drug-likeness (QED) is 0.138. The second kappa shape index (κ2) is 13.7. The molecule has 4 aromatic rings. The van der Waals surface area contributed by atoms with Crippen LogP contribution >= 0.6 is 0 Å². The van der Waals surface area contributed by atoms with Gasteiger partial charge in [-0.25, -0.2) is 0 Å². The van der Waals surface area contributed by atoms with Gasteiger partial charge in [0.2, 0.25) is 0 Å². The number of benzene rings is 3. The largest absolute Gasteiger partial charge is 0.372 e. The molecule has 1 aliphatic rings. The molecule has 3 aromatic carbocycles. The first-order valence-electron chi connectivity index (χ1n) is 14.5. The van der Waals surface area contributed by atoms with Crippen LogP contribution in [0.3, 0.4) is 0 Å². The maximum atomic E-state index is 4.58. The van der Waals surface area contributed by atoms with Gasteiger partial charge in [0, 0.05) is 30.4 Å². The third kappa shape index (κ3) is 7.34. The lowest BCUT2D eigenvalue weighted by atomic mass is 10.0. The summed E-state index contributed by atoms with van der Waals surface area (Å²) >= 11 is 0. The van der Waals surface area contributed by atoms with E-state index in [0.29, 0.717) is 0 Å². The number of anilines is 1. The van der Waals surface area contributed by atoms with Gasteiger partial charge in [-0.3, -0.25) is 4.98 Å². The fourth-order valence-corrected chi connectivity index (χ4v) is 5.08. The van der Waals surface area contributed by atoms with Gasteiger partial charge in [-0.1, -0.05) is 51.2 Å². The number of hydrogen-bond acceptors (Lipinski definition) is 6. The number of rotatable bonds is 12. The van der Waals surface area contributed by atoms with Crippen LogP contribution in [0.1, 0.15) is 63.9 Å². The van der Waals surface area contributed by atoms with Crippen LogP contribution in [0.25, 0.3) is 10.9 Å². The Morgan fingerprint density at radius 2 is 1.31 bits per heavy atom. The minimum Gasteiger partial charge on any atom is -0.372 e. The van der Waals surface area contributed by atoms with E-state index in [4.69, 9.17) is 0 Å². The van der Waals surface area contributed by atoms with Crippen molar-refractivity contribution < 1.29 is 0 Å². The van der Waals surface area contributed by atoms with Crippen LogP contribution in [0.5, 0.6) is 0 Å². The highest BCUT2D eigenvalue weighted by Gasteiger charge is 2.12. The molecule has 6 heteroatoms. The Bertz CT molecular complexity index is 1390. The van der Waals surface area contributed by atoms with Crippen LogP contribution in [0.4, 0.5) is 28.4 Å². The standard InChI is InChI=1S/C33H38N6/c1-2-3-4-5-6-7-11-26-13-15-27(16-14-26)36-38-32-22-21-31(30-12-10-23-34-33(30)32)37-35-28-17-19-29(20-18-28)39-24-8-9-25-39/h10,12-23H,2-9,11,24-25H2,1H3. The van der Waals surface area contributed by atoms with Crippen LogP contribution in [-0.2, 0) is 6.42 Å². The van der Waals surface area contributed by atoms with E-state index < -0.39 is 0 Å². The Kier molecular flexibility index (Phi) is 9.40. The predicted molar refractivity (Wildman–Crippen MR) is 162 cm³/mol. The fourth-order valence-electron chi connectivity index (χ4n) is 5.08. The lowest BCUT2D eigenvalue weighted by molar-refractivity contribution is 0.607. The van der Waals surface area contributed by atoms with E-state index in [0.717, 1.165) is 53.2 Å². The monoisotopic (exact) mass is 518 g/mol. The number of azo groups is 2. The zero-order valence-corrected chi connectivity index (χ0v) is 23.0. The SMILES string of the molecule is CCCCCCCCc1ccc(N=Nc2ccc(N=Nc3ccc(N4CCCC4)cc3)c3cccnc23)cc1. The summed E-state index contributed by atoms with van der Waals surface area (Å²) in [6.45, 7) is 4.53. The Hall–Kier alpha value is -3.93. The molecule has 0 saturated carbocycles. The zero-order valence-electron chi connectivity index (χ0n) is 23.0. The van der Waals surface area contributed by atoms with Crippen molar-refractivity contribution in [2.75, 3.05) is 18.0 Å². The van der Waals surface area contributed by atoms with E-state index in [1.54, 1.807) is 6.20 Å². The first-order valence-corrected chi connectivity index (χ1v) is 14.5. The summed E-state index contributed by atoms with van der Waals surface area (Å²) in [5.41, 5.74) is 6.53. The van der Waals surface area contributed by atoms with E-state index in [9.17, 15) is 0 Å². The highest BCUT2D eigenvalue weighted by Crippen LogP contribution is 2.34. The van der Waals surface area contributed by atoms with Crippen molar-refractivity contribution in [2.24, 2.45) is 20.5 Å². The van der Waals surface area contributed by atoms with E-state index >= 15 is 0 Å². The lowest BCUT2D eigenvalue weighted by Gasteiger charge is -2.17. The molecule has 200 valence electrons. The Balaban J connectivity index is 1.24. The second-order valence-corrected chi connectivity index (χ2v) is 10.3. The third-order valence-corrected chi connectivity index (χ3v) is 7.35. The van der Waals surface area contributed by atoms with Gasteiger partial charge < -0.3 is 4.90 Å². The molecule has 0 N–H and O–H groups in total. The Morgan fingerprint density at radius 3 is 2.05 bits per heavy atom. The highest BCUT2D eigenvalue weighted by atomic mass is 15.1. The van der Waals surface area contributed by atoms with Crippen molar-refractivity contribution in [2.45, 2.75) is 64.7 Å². The summed E-state index contributed by atoms with van der Waals surface area (Å²) in [6.07, 6.45) is 13.3. The maximum Gasteiger partial charge on any atom is 0.112 e. The highest BCUT2D eigenvalue weighted by molar-refractivity contribution is 5.96. The van der Waals surface area contributed by atoms with Crippen molar-refractivity contribution >= 4 is 39.3 Å². The van der Waals surface area contributed by atoms with Crippen molar-refractivity contribution in [1.82, 2.24) is 4.98 Å². The smallest absolute Gasteiger partial charge is 0.112 e. The van der Waals surface area contributed by atoms with Gasteiger partial charge in [0.1, 0.15) is 5.69 Å². The number of aromatic nitrogens is 1. The number of pyridine rings is 1. The fraction of sp³-hybridized carbons (Fsp3) is 0.364. The van der Waals surface area contributed by atoms with E-state index in [1.165, 1.54) is 62.6 Å². The van der Waals surface area contributed by atoms with E-state index in [1.807, 2.05) is 48.5 Å². The van der Waals surface area contributed by atoms with Gasteiger partial charge in [0.15, 0.2) is 0 Å². The number of aryl methyl sites for hydroxylation is 1. The second-order valence-electron chi connectivity index (χ2n) is 10.3. The van der Waals surface area contributed by atoms with Gasteiger partial charge >= 0.3 is 0 Å². The van der Waals surface area contributed by atoms with Gasteiger partial charge in [-0.2, -0.15) is 10.2 Å². The molecule has 0 atom stereocenters. The zero-order chi connectivity index (χ0) is 26.7. The third-order valence-electron chi connectivity index (χ3n) is 7.35. The maximum absolute atomic E-state index is 4.58. The van der Waals surface area contributed by atoms with Crippen molar-refractivity contribution in [1.29, 1.82) is 0 Å². The first-order chi connectivity index (χ1) is 19.3. The molecule has 1 fully saturated rings. The number of nitrogens with zero attached hydrogens (tertiary/aromatic N) is 6. The van der Waals surface area contributed by atoms with Crippen LogP contribution in [0.15, 0.2) is 99.5 Å². The molecular formula is C33H38N6.